The second-order valence-corrected chi connectivity index (χ2v) is 5.45. The second kappa shape index (κ2) is 7.17. The van der Waals surface area contributed by atoms with Crippen molar-refractivity contribution >= 4 is 23.1 Å². The highest BCUT2D eigenvalue weighted by Crippen LogP contribution is 2.34. The predicted octanol–water partition coefficient (Wildman–Crippen LogP) is 5.54. The Bertz CT molecular complexity index is 897. The average Bonchev–Trinajstić information content (AvgIpc) is 2.70. The van der Waals surface area contributed by atoms with Crippen LogP contribution in [0, 0.1) is 22.7 Å². The van der Waals surface area contributed by atoms with Crippen LogP contribution in [-0.4, -0.2) is 0 Å². The van der Waals surface area contributed by atoms with Crippen LogP contribution in [0.25, 0.3) is 6.08 Å². The minimum absolute atomic E-state index is 0.616. The summed E-state index contributed by atoms with van der Waals surface area (Å²) >= 11 is 0. The van der Waals surface area contributed by atoms with Crippen molar-refractivity contribution in [2.24, 2.45) is 0 Å². The number of hydrogen-bond acceptors (Lipinski definition) is 3. The van der Waals surface area contributed by atoms with Gasteiger partial charge in [0.15, 0.2) is 0 Å². The SMILES string of the molecule is C=Cc1ccc(N(c2ccc(C#N)cc2)c2ccc(C#N)cc2)cc1. The van der Waals surface area contributed by atoms with Crippen LogP contribution in [0.15, 0.2) is 79.4 Å². The lowest BCUT2D eigenvalue weighted by molar-refractivity contribution is 1.28. The topological polar surface area (TPSA) is 50.8 Å². The standard InChI is InChI=1S/C22H15N3/c1-2-17-3-9-20(10-4-17)25(21-11-5-18(15-23)6-12-21)22-13-7-19(16-24)8-14-22/h2-14H,1H2. The number of hydrogen-bond donors (Lipinski definition) is 0. The Morgan fingerprint density at radius 3 is 1.32 bits per heavy atom. The minimum Gasteiger partial charge on any atom is -0.311 e. The molecule has 0 aliphatic carbocycles. The van der Waals surface area contributed by atoms with Gasteiger partial charge < -0.3 is 4.90 Å². The van der Waals surface area contributed by atoms with Crippen molar-refractivity contribution in [1.29, 1.82) is 10.5 Å². The number of rotatable bonds is 4. The molecule has 0 atom stereocenters. The number of anilines is 3. The summed E-state index contributed by atoms with van der Waals surface area (Å²) in [5.41, 5.74) is 5.14. The van der Waals surface area contributed by atoms with Crippen LogP contribution in [0.3, 0.4) is 0 Å². The van der Waals surface area contributed by atoms with E-state index in [1.807, 2.05) is 48.5 Å². The number of nitriles is 2. The van der Waals surface area contributed by atoms with Crippen molar-refractivity contribution in [3.8, 4) is 12.1 Å². The molecule has 0 aliphatic rings. The van der Waals surface area contributed by atoms with Gasteiger partial charge in [-0.3, -0.25) is 0 Å². The zero-order valence-electron chi connectivity index (χ0n) is 13.6. The van der Waals surface area contributed by atoms with Crippen LogP contribution >= 0.6 is 0 Å². The van der Waals surface area contributed by atoms with E-state index in [0.717, 1.165) is 22.6 Å². The van der Waals surface area contributed by atoms with Crippen LogP contribution in [0.2, 0.25) is 0 Å². The normalized spacial score (nSPS) is 9.68. The van der Waals surface area contributed by atoms with Gasteiger partial charge >= 0.3 is 0 Å². The van der Waals surface area contributed by atoms with E-state index in [4.69, 9.17) is 10.5 Å². The summed E-state index contributed by atoms with van der Waals surface area (Å²) in [5.74, 6) is 0. The molecule has 0 aromatic heterocycles. The first-order valence-electron chi connectivity index (χ1n) is 7.78. The molecule has 118 valence electrons. The molecule has 25 heavy (non-hydrogen) atoms. The van der Waals surface area contributed by atoms with Crippen molar-refractivity contribution < 1.29 is 0 Å². The summed E-state index contributed by atoms with van der Waals surface area (Å²) in [7, 11) is 0. The summed E-state index contributed by atoms with van der Waals surface area (Å²) in [6.45, 7) is 3.79. The zero-order valence-corrected chi connectivity index (χ0v) is 13.6. The quantitative estimate of drug-likeness (QED) is 0.633. The van der Waals surface area contributed by atoms with Gasteiger partial charge in [0.2, 0.25) is 0 Å². The first-order chi connectivity index (χ1) is 12.2. The first-order valence-corrected chi connectivity index (χ1v) is 7.78. The van der Waals surface area contributed by atoms with E-state index < -0.39 is 0 Å². The third kappa shape index (κ3) is 3.42. The molecule has 0 heterocycles. The van der Waals surface area contributed by atoms with E-state index in [2.05, 4.69) is 23.6 Å². The van der Waals surface area contributed by atoms with Gasteiger partial charge in [-0.25, -0.2) is 0 Å². The average molecular weight is 321 g/mol. The van der Waals surface area contributed by atoms with E-state index in [1.54, 1.807) is 30.3 Å². The summed E-state index contributed by atoms with van der Waals surface area (Å²) < 4.78 is 0. The van der Waals surface area contributed by atoms with Crippen molar-refractivity contribution in [3.63, 3.8) is 0 Å². The van der Waals surface area contributed by atoms with Crippen molar-refractivity contribution in [2.45, 2.75) is 0 Å². The molecule has 0 bridgehead atoms. The van der Waals surface area contributed by atoms with E-state index in [1.165, 1.54) is 0 Å². The predicted molar refractivity (Wildman–Crippen MR) is 101 cm³/mol. The van der Waals surface area contributed by atoms with E-state index in [-0.39, 0.29) is 0 Å². The molecule has 0 saturated carbocycles. The largest absolute Gasteiger partial charge is 0.311 e. The molecule has 0 N–H and O–H groups in total. The van der Waals surface area contributed by atoms with E-state index in [0.29, 0.717) is 11.1 Å². The Balaban J connectivity index is 2.10. The molecule has 0 radical (unpaired) electrons. The van der Waals surface area contributed by atoms with Crippen molar-refractivity contribution in [3.05, 3.63) is 96.1 Å². The van der Waals surface area contributed by atoms with Crippen LogP contribution in [-0.2, 0) is 0 Å². The second-order valence-electron chi connectivity index (χ2n) is 5.45. The van der Waals surface area contributed by atoms with Crippen molar-refractivity contribution in [1.82, 2.24) is 0 Å². The summed E-state index contributed by atoms with van der Waals surface area (Å²) in [4.78, 5) is 2.08. The maximum atomic E-state index is 9.01. The van der Waals surface area contributed by atoms with Gasteiger partial charge in [0.25, 0.3) is 0 Å². The van der Waals surface area contributed by atoms with Gasteiger partial charge in [0, 0.05) is 17.1 Å². The van der Waals surface area contributed by atoms with Crippen LogP contribution < -0.4 is 4.90 Å². The fourth-order valence-electron chi connectivity index (χ4n) is 2.58. The van der Waals surface area contributed by atoms with Gasteiger partial charge in [-0.1, -0.05) is 24.8 Å². The summed E-state index contributed by atoms with van der Waals surface area (Å²) in [6, 6.07) is 27.2. The van der Waals surface area contributed by atoms with Gasteiger partial charge in [-0.2, -0.15) is 10.5 Å². The molecule has 3 aromatic rings. The molecule has 0 amide bonds. The highest BCUT2D eigenvalue weighted by Gasteiger charge is 2.12. The van der Waals surface area contributed by atoms with E-state index >= 15 is 0 Å². The monoisotopic (exact) mass is 321 g/mol. The zero-order chi connectivity index (χ0) is 17.6. The molecule has 3 nitrogen and oxygen atoms in total. The van der Waals surface area contributed by atoms with Crippen molar-refractivity contribution in [2.75, 3.05) is 4.90 Å². The van der Waals surface area contributed by atoms with E-state index in [9.17, 15) is 0 Å². The maximum absolute atomic E-state index is 9.01. The Morgan fingerprint density at radius 1 is 0.640 bits per heavy atom. The Kier molecular flexibility index (Phi) is 4.60. The molecule has 3 rings (SSSR count). The van der Waals surface area contributed by atoms with Gasteiger partial charge in [-0.05, 0) is 66.2 Å². The molecular weight excluding hydrogens is 306 g/mol. The molecule has 0 unspecified atom stereocenters. The number of benzene rings is 3. The maximum Gasteiger partial charge on any atom is 0.0991 e. The molecule has 3 heteroatoms. The lowest BCUT2D eigenvalue weighted by Gasteiger charge is -2.25. The third-order valence-corrected chi connectivity index (χ3v) is 3.90. The highest BCUT2D eigenvalue weighted by molar-refractivity contribution is 5.77. The molecule has 3 aromatic carbocycles. The Morgan fingerprint density at radius 2 is 1.00 bits per heavy atom. The molecule has 0 spiro atoms. The first kappa shape index (κ1) is 16.1. The fourth-order valence-corrected chi connectivity index (χ4v) is 2.58. The molecular formula is C22H15N3. The van der Waals surface area contributed by atoms with Gasteiger partial charge in [0.05, 0.1) is 23.3 Å². The van der Waals surface area contributed by atoms with Crippen LogP contribution in [0.5, 0.6) is 0 Å². The Hall–Kier alpha value is -3.82. The van der Waals surface area contributed by atoms with Gasteiger partial charge in [-0.15, -0.1) is 0 Å². The summed E-state index contributed by atoms with van der Waals surface area (Å²) in [6.07, 6.45) is 1.80. The minimum atomic E-state index is 0.616. The highest BCUT2D eigenvalue weighted by atomic mass is 15.1. The lowest BCUT2D eigenvalue weighted by Crippen LogP contribution is -2.09. The third-order valence-electron chi connectivity index (χ3n) is 3.90. The smallest absolute Gasteiger partial charge is 0.0991 e. The van der Waals surface area contributed by atoms with Gasteiger partial charge in [0.1, 0.15) is 0 Å². The van der Waals surface area contributed by atoms with Crippen LogP contribution in [0.4, 0.5) is 17.1 Å². The number of nitrogens with zero attached hydrogens (tertiary/aromatic N) is 3. The van der Waals surface area contributed by atoms with Crippen LogP contribution in [0.1, 0.15) is 16.7 Å². The lowest BCUT2D eigenvalue weighted by atomic mass is 10.1. The Labute approximate surface area is 147 Å². The molecule has 0 saturated heterocycles. The molecule has 0 fully saturated rings. The summed E-state index contributed by atoms with van der Waals surface area (Å²) in [5, 5.41) is 18.0. The molecule has 0 aliphatic heterocycles. The fraction of sp³-hybridized carbons (Fsp3) is 0.